The Labute approximate surface area is 160 Å². The molecular formula is C23H25NO3. The van der Waals surface area contributed by atoms with Gasteiger partial charge in [0.05, 0.1) is 0 Å². The number of rotatable bonds is 6. The molecule has 0 radical (unpaired) electrons. The van der Waals surface area contributed by atoms with Gasteiger partial charge in [-0.15, -0.1) is 0 Å². The van der Waals surface area contributed by atoms with Gasteiger partial charge in [0, 0.05) is 18.5 Å². The number of benzene rings is 2. The lowest BCUT2D eigenvalue weighted by molar-refractivity contribution is -0.119. The molecule has 1 atom stereocenters. The van der Waals surface area contributed by atoms with E-state index in [1.807, 2.05) is 36.4 Å². The molecule has 4 heteroatoms. The van der Waals surface area contributed by atoms with Crippen LogP contribution in [0.2, 0.25) is 0 Å². The van der Waals surface area contributed by atoms with Crippen LogP contribution >= 0.6 is 0 Å². The van der Waals surface area contributed by atoms with Gasteiger partial charge in [0.15, 0.2) is 5.78 Å². The smallest absolute Gasteiger partial charge is 0.177 e. The van der Waals surface area contributed by atoms with Crippen LogP contribution in [0.15, 0.2) is 48.5 Å². The summed E-state index contributed by atoms with van der Waals surface area (Å²) in [4.78, 5) is 27.9. The lowest BCUT2D eigenvalue weighted by Gasteiger charge is -2.23. The number of carbonyl (C=O) groups is 2. The van der Waals surface area contributed by atoms with E-state index in [0.717, 1.165) is 42.9 Å². The maximum Gasteiger partial charge on any atom is 0.177 e. The summed E-state index contributed by atoms with van der Waals surface area (Å²) < 4.78 is 5.81. The molecule has 27 heavy (non-hydrogen) atoms. The molecule has 0 bridgehead atoms. The third-order valence-corrected chi connectivity index (χ3v) is 5.60. The van der Waals surface area contributed by atoms with Crippen molar-refractivity contribution in [3.63, 3.8) is 0 Å². The number of likely N-dealkylation sites (tertiary alicyclic amines) is 1. The number of Topliss-reactive ketones (excluding diaryl/α,β-unsaturated/α-hetero) is 2. The topological polar surface area (TPSA) is 46.6 Å². The lowest BCUT2D eigenvalue weighted by Crippen LogP contribution is -2.27. The molecule has 1 aliphatic heterocycles. The highest BCUT2D eigenvalue weighted by molar-refractivity contribution is 6.15. The molecule has 2 aliphatic rings. The first-order chi connectivity index (χ1) is 13.2. The zero-order valence-corrected chi connectivity index (χ0v) is 15.5. The monoisotopic (exact) mass is 363 g/mol. The van der Waals surface area contributed by atoms with Crippen molar-refractivity contribution in [3.05, 3.63) is 65.2 Å². The highest BCUT2D eigenvalue weighted by atomic mass is 16.5. The minimum absolute atomic E-state index is 0.0182. The van der Waals surface area contributed by atoms with E-state index < -0.39 is 5.92 Å². The molecule has 1 fully saturated rings. The van der Waals surface area contributed by atoms with Gasteiger partial charge in [-0.25, -0.2) is 0 Å². The number of carbonyl (C=O) groups excluding carboxylic acids is 2. The Morgan fingerprint density at radius 1 is 1.00 bits per heavy atom. The van der Waals surface area contributed by atoms with Crippen LogP contribution < -0.4 is 4.74 Å². The molecule has 140 valence electrons. The summed E-state index contributed by atoms with van der Waals surface area (Å²) >= 11 is 0. The van der Waals surface area contributed by atoms with E-state index in [0.29, 0.717) is 18.6 Å². The van der Waals surface area contributed by atoms with E-state index in [4.69, 9.17) is 4.74 Å². The summed E-state index contributed by atoms with van der Waals surface area (Å²) in [6.07, 6.45) is 3.72. The quantitative estimate of drug-likeness (QED) is 0.581. The molecule has 4 nitrogen and oxygen atoms in total. The summed E-state index contributed by atoms with van der Waals surface area (Å²) in [5.74, 6) is -0.00147. The SMILES string of the molecule is O=C1CCc2ccccc2C1C(=O)c1ccc(OCCN2CCCC2)cc1. The van der Waals surface area contributed by atoms with Gasteiger partial charge in [-0.2, -0.15) is 0 Å². The second kappa shape index (κ2) is 8.05. The molecule has 1 unspecified atom stereocenters. The number of ketones is 2. The predicted molar refractivity (Wildman–Crippen MR) is 104 cm³/mol. The fraction of sp³-hybridized carbons (Fsp3) is 0.391. The van der Waals surface area contributed by atoms with Crippen LogP contribution in [0.1, 0.15) is 46.7 Å². The number of hydrogen-bond acceptors (Lipinski definition) is 4. The second-order valence-corrected chi connectivity index (χ2v) is 7.38. The number of fused-ring (bicyclic) bond motifs is 1. The zero-order chi connectivity index (χ0) is 18.6. The van der Waals surface area contributed by atoms with Crippen molar-refractivity contribution in [2.45, 2.75) is 31.6 Å². The highest BCUT2D eigenvalue weighted by Crippen LogP contribution is 2.32. The predicted octanol–water partition coefficient (Wildman–Crippen LogP) is 3.64. The third-order valence-electron chi connectivity index (χ3n) is 5.60. The fourth-order valence-electron chi connectivity index (χ4n) is 4.09. The maximum atomic E-state index is 13.0. The molecule has 0 amide bonds. The first-order valence-electron chi connectivity index (χ1n) is 9.82. The average molecular weight is 363 g/mol. The summed E-state index contributed by atoms with van der Waals surface area (Å²) in [6, 6.07) is 15.0. The van der Waals surface area contributed by atoms with Crippen molar-refractivity contribution in [3.8, 4) is 5.75 Å². The lowest BCUT2D eigenvalue weighted by atomic mass is 9.78. The van der Waals surface area contributed by atoms with Gasteiger partial charge in [0.25, 0.3) is 0 Å². The normalized spacial score (nSPS) is 19.7. The van der Waals surface area contributed by atoms with Crippen molar-refractivity contribution in [2.75, 3.05) is 26.2 Å². The van der Waals surface area contributed by atoms with Crippen LogP contribution in [0.3, 0.4) is 0 Å². The zero-order valence-electron chi connectivity index (χ0n) is 15.5. The number of nitrogens with zero attached hydrogens (tertiary/aromatic N) is 1. The molecule has 0 aromatic heterocycles. The number of hydrogen-bond donors (Lipinski definition) is 0. The van der Waals surface area contributed by atoms with Crippen LogP contribution in [0.25, 0.3) is 0 Å². The van der Waals surface area contributed by atoms with Crippen LogP contribution in [0.5, 0.6) is 5.75 Å². The first-order valence-corrected chi connectivity index (χ1v) is 9.82. The largest absolute Gasteiger partial charge is 0.492 e. The highest BCUT2D eigenvalue weighted by Gasteiger charge is 2.33. The number of aryl methyl sites for hydroxylation is 1. The van der Waals surface area contributed by atoms with Crippen molar-refractivity contribution in [1.82, 2.24) is 4.90 Å². The Bertz CT molecular complexity index is 822. The molecule has 1 heterocycles. The Hall–Kier alpha value is -2.46. The van der Waals surface area contributed by atoms with Crippen LogP contribution in [0, 0.1) is 0 Å². The standard InChI is InChI=1S/C23H25NO3/c25-21-12-9-17-5-1-2-6-20(17)22(21)23(26)18-7-10-19(11-8-18)27-16-15-24-13-3-4-14-24/h1-2,5-8,10-11,22H,3-4,9,12-16H2. The molecule has 4 rings (SSSR count). The van der Waals surface area contributed by atoms with Crippen LogP contribution in [-0.4, -0.2) is 42.7 Å². The van der Waals surface area contributed by atoms with E-state index in [1.165, 1.54) is 12.8 Å². The van der Waals surface area contributed by atoms with Gasteiger partial charge >= 0.3 is 0 Å². The van der Waals surface area contributed by atoms with Crippen molar-refractivity contribution in [2.24, 2.45) is 0 Å². The Balaban J connectivity index is 1.42. The van der Waals surface area contributed by atoms with Crippen molar-refractivity contribution < 1.29 is 14.3 Å². The molecule has 0 N–H and O–H groups in total. The molecule has 1 aliphatic carbocycles. The fourth-order valence-corrected chi connectivity index (χ4v) is 4.09. The van der Waals surface area contributed by atoms with Crippen LogP contribution in [-0.2, 0) is 11.2 Å². The Morgan fingerprint density at radius 2 is 1.74 bits per heavy atom. The summed E-state index contributed by atoms with van der Waals surface area (Å²) in [5, 5.41) is 0. The van der Waals surface area contributed by atoms with E-state index in [1.54, 1.807) is 12.1 Å². The van der Waals surface area contributed by atoms with Gasteiger partial charge in [0.1, 0.15) is 24.1 Å². The maximum absolute atomic E-state index is 13.0. The van der Waals surface area contributed by atoms with E-state index in [-0.39, 0.29) is 11.6 Å². The van der Waals surface area contributed by atoms with E-state index >= 15 is 0 Å². The first kappa shape index (κ1) is 17.9. The van der Waals surface area contributed by atoms with E-state index in [9.17, 15) is 9.59 Å². The Kier molecular flexibility index (Phi) is 5.35. The van der Waals surface area contributed by atoms with Crippen LogP contribution in [0.4, 0.5) is 0 Å². The van der Waals surface area contributed by atoms with Gasteiger partial charge in [-0.1, -0.05) is 24.3 Å². The average Bonchev–Trinajstić information content (AvgIpc) is 3.21. The van der Waals surface area contributed by atoms with Crippen molar-refractivity contribution >= 4 is 11.6 Å². The molecule has 1 saturated heterocycles. The van der Waals surface area contributed by atoms with E-state index in [2.05, 4.69) is 4.90 Å². The number of ether oxygens (including phenoxy) is 1. The molecular weight excluding hydrogens is 338 g/mol. The molecule has 0 saturated carbocycles. The van der Waals surface area contributed by atoms with Crippen molar-refractivity contribution in [1.29, 1.82) is 0 Å². The minimum atomic E-state index is -0.670. The van der Waals surface area contributed by atoms with Gasteiger partial charge in [-0.05, 0) is 67.7 Å². The second-order valence-electron chi connectivity index (χ2n) is 7.38. The molecule has 2 aromatic rings. The third kappa shape index (κ3) is 3.96. The van der Waals surface area contributed by atoms with Gasteiger partial charge in [-0.3, -0.25) is 14.5 Å². The van der Waals surface area contributed by atoms with Gasteiger partial charge < -0.3 is 4.74 Å². The minimum Gasteiger partial charge on any atom is -0.492 e. The molecule has 2 aromatic carbocycles. The molecule has 0 spiro atoms. The summed E-state index contributed by atoms with van der Waals surface area (Å²) in [6.45, 7) is 3.91. The Morgan fingerprint density at radius 3 is 2.52 bits per heavy atom. The summed E-state index contributed by atoms with van der Waals surface area (Å²) in [5.41, 5.74) is 2.54. The summed E-state index contributed by atoms with van der Waals surface area (Å²) in [7, 11) is 0. The van der Waals surface area contributed by atoms with Gasteiger partial charge in [0.2, 0.25) is 0 Å².